The fraction of sp³-hybridized carbons (Fsp3) is 0.0476. The van der Waals surface area contributed by atoms with Crippen LogP contribution in [-0.4, -0.2) is 17.1 Å². The van der Waals surface area contributed by atoms with Crippen LogP contribution in [0.1, 0.15) is 21.5 Å². The molecule has 0 spiro atoms. The minimum absolute atomic E-state index is 0.00782. The van der Waals surface area contributed by atoms with E-state index in [4.69, 9.17) is 4.74 Å². The zero-order chi connectivity index (χ0) is 19.2. The quantitative estimate of drug-likeness (QED) is 0.214. The van der Waals surface area contributed by atoms with Crippen molar-refractivity contribution in [1.82, 2.24) is 0 Å². The molecule has 134 valence electrons. The fourth-order valence-electron chi connectivity index (χ4n) is 2.43. The molecule has 3 aromatic carbocycles. The van der Waals surface area contributed by atoms with Crippen LogP contribution in [0.3, 0.4) is 0 Å². The Morgan fingerprint density at radius 1 is 1.04 bits per heavy atom. The number of benzene rings is 3. The monoisotopic (exact) mass is 360 g/mol. The summed E-state index contributed by atoms with van der Waals surface area (Å²) >= 11 is 0. The Kier molecular flexibility index (Phi) is 5.37. The Bertz CT molecular complexity index is 1010. The summed E-state index contributed by atoms with van der Waals surface area (Å²) in [5, 5.41) is 11.1. The van der Waals surface area contributed by atoms with Crippen LogP contribution < -0.4 is 4.74 Å². The van der Waals surface area contributed by atoms with Crippen molar-refractivity contribution >= 4 is 23.6 Å². The molecule has 0 saturated heterocycles. The molecule has 0 radical (unpaired) electrons. The zero-order valence-electron chi connectivity index (χ0n) is 14.5. The molecule has 0 heterocycles. The van der Waals surface area contributed by atoms with E-state index in [-0.39, 0.29) is 5.69 Å². The van der Waals surface area contributed by atoms with Crippen molar-refractivity contribution < 1.29 is 14.5 Å². The second-order valence-corrected chi connectivity index (χ2v) is 5.78. The standard InChI is InChI=1S/C21H16N2O4/c1-15-11-12-18(13-19(15)23(25)26)22-14-17-9-5-6-10-20(17)27-21(24)16-7-3-2-4-8-16/h2-14H,1H3. The minimum Gasteiger partial charge on any atom is -0.422 e. The normalized spacial score (nSPS) is 10.7. The highest BCUT2D eigenvalue weighted by Crippen LogP contribution is 2.25. The van der Waals surface area contributed by atoms with Gasteiger partial charge < -0.3 is 4.74 Å². The van der Waals surface area contributed by atoms with Gasteiger partial charge in [0.2, 0.25) is 0 Å². The van der Waals surface area contributed by atoms with E-state index in [9.17, 15) is 14.9 Å². The molecular weight excluding hydrogens is 344 g/mol. The molecule has 0 amide bonds. The number of rotatable bonds is 5. The van der Waals surface area contributed by atoms with E-state index in [1.165, 1.54) is 12.3 Å². The van der Waals surface area contributed by atoms with Gasteiger partial charge in [0.1, 0.15) is 5.75 Å². The second-order valence-electron chi connectivity index (χ2n) is 5.78. The van der Waals surface area contributed by atoms with E-state index in [0.29, 0.717) is 28.1 Å². The third-order valence-corrected chi connectivity index (χ3v) is 3.87. The Balaban J connectivity index is 1.84. The van der Waals surface area contributed by atoms with Gasteiger partial charge in [0.25, 0.3) is 5.69 Å². The van der Waals surface area contributed by atoms with Crippen LogP contribution >= 0.6 is 0 Å². The first-order chi connectivity index (χ1) is 13.0. The lowest BCUT2D eigenvalue weighted by Crippen LogP contribution is -2.09. The Morgan fingerprint density at radius 3 is 2.48 bits per heavy atom. The summed E-state index contributed by atoms with van der Waals surface area (Å²) < 4.78 is 5.46. The second kappa shape index (κ2) is 8.05. The van der Waals surface area contributed by atoms with Gasteiger partial charge in [-0.1, -0.05) is 36.4 Å². The van der Waals surface area contributed by atoms with Crippen LogP contribution in [0.15, 0.2) is 77.8 Å². The Hall–Kier alpha value is -3.80. The van der Waals surface area contributed by atoms with Gasteiger partial charge in [0.15, 0.2) is 0 Å². The van der Waals surface area contributed by atoms with Crippen LogP contribution in [-0.2, 0) is 0 Å². The number of carbonyl (C=O) groups excluding carboxylic acids is 1. The van der Waals surface area contributed by atoms with Crippen molar-refractivity contribution in [3.63, 3.8) is 0 Å². The zero-order valence-corrected chi connectivity index (χ0v) is 14.5. The number of hydrogen-bond donors (Lipinski definition) is 0. The molecule has 0 aliphatic heterocycles. The third-order valence-electron chi connectivity index (χ3n) is 3.87. The van der Waals surface area contributed by atoms with Crippen LogP contribution in [0.2, 0.25) is 0 Å². The van der Waals surface area contributed by atoms with E-state index in [1.54, 1.807) is 67.6 Å². The number of carbonyl (C=O) groups is 1. The topological polar surface area (TPSA) is 81.8 Å². The molecule has 6 heteroatoms. The highest BCUT2D eigenvalue weighted by molar-refractivity contribution is 5.93. The molecule has 0 saturated carbocycles. The molecule has 0 fully saturated rings. The Labute approximate surface area is 155 Å². The maximum atomic E-state index is 12.3. The maximum absolute atomic E-state index is 12.3. The fourth-order valence-corrected chi connectivity index (χ4v) is 2.43. The summed E-state index contributed by atoms with van der Waals surface area (Å²) in [7, 11) is 0. The van der Waals surface area contributed by atoms with Crippen molar-refractivity contribution in [3.8, 4) is 5.75 Å². The molecule has 3 aromatic rings. The first-order valence-corrected chi connectivity index (χ1v) is 8.20. The molecule has 0 N–H and O–H groups in total. The SMILES string of the molecule is Cc1ccc(N=Cc2ccccc2OC(=O)c2ccccc2)cc1[N+](=O)[O-]. The van der Waals surface area contributed by atoms with Gasteiger partial charge in [0.05, 0.1) is 16.2 Å². The predicted octanol–water partition coefficient (Wildman–Crippen LogP) is 4.87. The van der Waals surface area contributed by atoms with Crippen molar-refractivity contribution in [2.45, 2.75) is 6.92 Å². The summed E-state index contributed by atoms with van der Waals surface area (Å²) in [6.45, 7) is 1.67. The molecule has 6 nitrogen and oxygen atoms in total. The van der Waals surface area contributed by atoms with Gasteiger partial charge >= 0.3 is 5.97 Å². The molecule has 0 unspecified atom stereocenters. The summed E-state index contributed by atoms with van der Waals surface area (Å²) in [6, 6.07) is 20.4. The lowest BCUT2D eigenvalue weighted by molar-refractivity contribution is -0.385. The number of hydrogen-bond acceptors (Lipinski definition) is 5. The molecule has 0 bridgehead atoms. The summed E-state index contributed by atoms with van der Waals surface area (Å²) in [6.07, 6.45) is 1.52. The van der Waals surface area contributed by atoms with Crippen LogP contribution in [0, 0.1) is 17.0 Å². The third kappa shape index (κ3) is 4.43. The van der Waals surface area contributed by atoms with Crippen molar-refractivity contribution in [2.24, 2.45) is 4.99 Å². The lowest BCUT2D eigenvalue weighted by Gasteiger charge is -2.07. The Morgan fingerprint density at radius 2 is 1.74 bits per heavy atom. The number of para-hydroxylation sites is 1. The number of nitro groups is 1. The lowest BCUT2D eigenvalue weighted by atomic mass is 10.2. The largest absolute Gasteiger partial charge is 0.422 e. The molecule has 0 aliphatic rings. The first-order valence-electron chi connectivity index (χ1n) is 8.20. The van der Waals surface area contributed by atoms with E-state index >= 15 is 0 Å². The van der Waals surface area contributed by atoms with E-state index in [1.807, 2.05) is 6.07 Å². The molecule has 0 atom stereocenters. The summed E-state index contributed by atoms with van der Waals surface area (Å²) in [5.41, 5.74) is 2.05. The van der Waals surface area contributed by atoms with Gasteiger partial charge in [-0.15, -0.1) is 0 Å². The van der Waals surface area contributed by atoms with E-state index in [0.717, 1.165) is 0 Å². The number of nitrogens with zero attached hydrogens (tertiary/aromatic N) is 2. The highest BCUT2D eigenvalue weighted by atomic mass is 16.6. The maximum Gasteiger partial charge on any atom is 0.343 e. The number of nitro benzene ring substituents is 1. The smallest absolute Gasteiger partial charge is 0.343 e. The molecule has 0 aromatic heterocycles. The average Bonchev–Trinajstić information content (AvgIpc) is 2.68. The highest BCUT2D eigenvalue weighted by Gasteiger charge is 2.12. The number of ether oxygens (including phenoxy) is 1. The molecule has 3 rings (SSSR count). The molecule has 27 heavy (non-hydrogen) atoms. The molecule has 0 aliphatic carbocycles. The summed E-state index contributed by atoms with van der Waals surface area (Å²) in [4.78, 5) is 27.2. The van der Waals surface area contributed by atoms with E-state index < -0.39 is 10.9 Å². The van der Waals surface area contributed by atoms with Crippen molar-refractivity contribution in [3.05, 3.63) is 99.6 Å². The number of esters is 1. The van der Waals surface area contributed by atoms with Crippen LogP contribution in [0.5, 0.6) is 5.75 Å². The summed E-state index contributed by atoms with van der Waals surface area (Å²) in [5.74, 6) is -0.112. The van der Waals surface area contributed by atoms with Gasteiger partial charge in [-0.3, -0.25) is 15.1 Å². The first kappa shape index (κ1) is 18.0. The number of aryl methyl sites for hydroxylation is 1. The van der Waals surface area contributed by atoms with Gasteiger partial charge in [-0.05, 0) is 37.3 Å². The predicted molar refractivity (Wildman–Crippen MR) is 103 cm³/mol. The van der Waals surface area contributed by atoms with Gasteiger partial charge in [0, 0.05) is 23.4 Å². The number of aliphatic imine (C=N–C) groups is 1. The van der Waals surface area contributed by atoms with Crippen molar-refractivity contribution in [1.29, 1.82) is 0 Å². The molecular formula is C21H16N2O4. The van der Waals surface area contributed by atoms with Gasteiger partial charge in [-0.25, -0.2) is 4.79 Å². The minimum atomic E-state index is -0.470. The van der Waals surface area contributed by atoms with Gasteiger partial charge in [-0.2, -0.15) is 0 Å². The van der Waals surface area contributed by atoms with Crippen molar-refractivity contribution in [2.75, 3.05) is 0 Å². The van der Waals surface area contributed by atoms with E-state index in [2.05, 4.69) is 4.99 Å². The van der Waals surface area contributed by atoms with Crippen LogP contribution in [0.25, 0.3) is 0 Å². The average molecular weight is 360 g/mol. The van der Waals surface area contributed by atoms with Crippen LogP contribution in [0.4, 0.5) is 11.4 Å².